The van der Waals surface area contributed by atoms with E-state index in [1.807, 2.05) is 7.05 Å². The third-order valence-corrected chi connectivity index (χ3v) is 5.91. The summed E-state index contributed by atoms with van der Waals surface area (Å²) in [7, 11) is 3.70. The fourth-order valence-electron chi connectivity index (χ4n) is 4.23. The van der Waals surface area contributed by atoms with Crippen molar-refractivity contribution in [1.29, 1.82) is 0 Å². The van der Waals surface area contributed by atoms with E-state index in [2.05, 4.69) is 37.2 Å². The molecule has 3 aliphatic heterocycles. The predicted octanol–water partition coefficient (Wildman–Crippen LogP) is 1.48. The molecule has 0 aromatic carbocycles. The highest BCUT2D eigenvalue weighted by Crippen LogP contribution is 2.19. The van der Waals surface area contributed by atoms with Crippen LogP contribution in [0, 0.1) is 5.92 Å². The molecule has 1 atom stereocenters. The summed E-state index contributed by atoms with van der Waals surface area (Å²) in [6.07, 6.45) is 8.37. The van der Waals surface area contributed by atoms with E-state index in [0.29, 0.717) is 6.04 Å². The van der Waals surface area contributed by atoms with E-state index in [1.54, 1.807) is 7.11 Å². The second-order valence-corrected chi connectivity index (χ2v) is 7.52. The van der Waals surface area contributed by atoms with Gasteiger partial charge in [-0.15, -0.1) is 24.0 Å². The Hall–Kier alpha value is -0.380. The second kappa shape index (κ2) is 11.5. The van der Waals surface area contributed by atoms with E-state index in [1.165, 1.54) is 32.4 Å². The highest BCUT2D eigenvalue weighted by atomic mass is 127. The van der Waals surface area contributed by atoms with Crippen LogP contribution < -0.4 is 5.32 Å². The molecule has 0 aromatic rings. The van der Waals surface area contributed by atoms with Gasteiger partial charge in [0.15, 0.2) is 5.96 Å². The van der Waals surface area contributed by atoms with Gasteiger partial charge in [-0.05, 0) is 38.3 Å². The van der Waals surface area contributed by atoms with E-state index < -0.39 is 0 Å². The SMILES string of the molecule is CN=C(NCC1CCN(CCOC)CC1)N1CCC(N2CC=CC2)C1.I. The first kappa shape index (κ1) is 21.9. The topological polar surface area (TPSA) is 43.3 Å². The zero-order valence-corrected chi connectivity index (χ0v) is 18.7. The normalized spacial score (nSPS) is 25.7. The Labute approximate surface area is 176 Å². The minimum absolute atomic E-state index is 0. The molecular formula is C19H36IN5O. The van der Waals surface area contributed by atoms with Crippen molar-refractivity contribution < 1.29 is 4.74 Å². The number of methoxy groups -OCH3 is 1. The Bertz CT molecular complexity index is 457. The third kappa shape index (κ3) is 6.07. The van der Waals surface area contributed by atoms with E-state index in [-0.39, 0.29) is 24.0 Å². The largest absolute Gasteiger partial charge is 0.383 e. The highest BCUT2D eigenvalue weighted by Gasteiger charge is 2.29. The van der Waals surface area contributed by atoms with Crippen molar-refractivity contribution in [3.63, 3.8) is 0 Å². The number of guanidine groups is 1. The van der Waals surface area contributed by atoms with E-state index >= 15 is 0 Å². The van der Waals surface area contributed by atoms with Crippen molar-refractivity contribution in [3.8, 4) is 0 Å². The number of hydrogen-bond donors (Lipinski definition) is 1. The van der Waals surface area contributed by atoms with Crippen LogP contribution in [0.5, 0.6) is 0 Å². The number of halogens is 1. The quantitative estimate of drug-likeness (QED) is 0.272. The average Bonchev–Trinajstić information content (AvgIpc) is 3.33. The number of nitrogens with zero attached hydrogens (tertiary/aromatic N) is 4. The molecule has 2 saturated heterocycles. The number of ether oxygens (including phenoxy) is 1. The van der Waals surface area contributed by atoms with Crippen LogP contribution in [0.15, 0.2) is 17.1 Å². The first-order valence-corrected chi connectivity index (χ1v) is 9.86. The van der Waals surface area contributed by atoms with Crippen LogP contribution in [0.2, 0.25) is 0 Å². The van der Waals surface area contributed by atoms with Gasteiger partial charge in [0, 0.05) is 59.5 Å². The van der Waals surface area contributed by atoms with Crippen molar-refractivity contribution in [3.05, 3.63) is 12.2 Å². The Morgan fingerprint density at radius 1 is 1.15 bits per heavy atom. The number of hydrogen-bond acceptors (Lipinski definition) is 4. The van der Waals surface area contributed by atoms with Gasteiger partial charge in [0.05, 0.1) is 6.61 Å². The smallest absolute Gasteiger partial charge is 0.193 e. The predicted molar refractivity (Wildman–Crippen MR) is 119 cm³/mol. The summed E-state index contributed by atoms with van der Waals surface area (Å²) in [6.45, 7) is 9.82. The molecule has 0 aromatic heterocycles. The Morgan fingerprint density at radius 3 is 2.54 bits per heavy atom. The van der Waals surface area contributed by atoms with Crippen LogP contribution in [-0.2, 0) is 4.74 Å². The zero-order valence-electron chi connectivity index (χ0n) is 16.4. The molecule has 2 fully saturated rings. The lowest BCUT2D eigenvalue weighted by Gasteiger charge is -2.32. The third-order valence-electron chi connectivity index (χ3n) is 5.91. The van der Waals surface area contributed by atoms with Gasteiger partial charge >= 0.3 is 0 Å². The number of rotatable bonds is 6. The monoisotopic (exact) mass is 477 g/mol. The number of likely N-dealkylation sites (tertiary alicyclic amines) is 2. The molecule has 26 heavy (non-hydrogen) atoms. The molecule has 0 aliphatic carbocycles. The van der Waals surface area contributed by atoms with Gasteiger partial charge in [0.1, 0.15) is 0 Å². The molecule has 0 bridgehead atoms. The van der Waals surface area contributed by atoms with E-state index in [4.69, 9.17) is 4.74 Å². The van der Waals surface area contributed by atoms with E-state index in [9.17, 15) is 0 Å². The van der Waals surface area contributed by atoms with Crippen LogP contribution in [-0.4, -0.2) is 99.8 Å². The molecule has 0 radical (unpaired) electrons. The Morgan fingerprint density at radius 2 is 1.88 bits per heavy atom. The minimum atomic E-state index is 0. The summed E-state index contributed by atoms with van der Waals surface area (Å²) in [5.41, 5.74) is 0. The van der Waals surface area contributed by atoms with Gasteiger partial charge < -0.3 is 19.9 Å². The molecule has 3 rings (SSSR count). The van der Waals surface area contributed by atoms with Gasteiger partial charge in [0.2, 0.25) is 0 Å². The van der Waals surface area contributed by atoms with Crippen LogP contribution in [0.25, 0.3) is 0 Å². The molecule has 0 saturated carbocycles. The average molecular weight is 477 g/mol. The van der Waals surface area contributed by atoms with Crippen LogP contribution in [0.3, 0.4) is 0 Å². The summed E-state index contributed by atoms with van der Waals surface area (Å²) in [5, 5.41) is 3.65. The van der Waals surface area contributed by atoms with Gasteiger partial charge in [-0.2, -0.15) is 0 Å². The highest BCUT2D eigenvalue weighted by molar-refractivity contribution is 14.0. The maximum Gasteiger partial charge on any atom is 0.193 e. The molecule has 1 unspecified atom stereocenters. The number of aliphatic imine (C=N–C) groups is 1. The first-order valence-electron chi connectivity index (χ1n) is 9.86. The first-order chi connectivity index (χ1) is 12.3. The van der Waals surface area contributed by atoms with Crippen LogP contribution in [0.4, 0.5) is 0 Å². The molecule has 1 N–H and O–H groups in total. The summed E-state index contributed by atoms with van der Waals surface area (Å²) < 4.78 is 5.18. The number of nitrogens with one attached hydrogen (secondary N) is 1. The van der Waals surface area contributed by atoms with Crippen molar-refractivity contribution in [2.24, 2.45) is 10.9 Å². The molecule has 3 aliphatic rings. The maximum atomic E-state index is 5.18. The maximum absolute atomic E-state index is 5.18. The number of piperidine rings is 1. The lowest BCUT2D eigenvalue weighted by atomic mass is 9.97. The van der Waals surface area contributed by atoms with Crippen LogP contribution in [0.1, 0.15) is 19.3 Å². The van der Waals surface area contributed by atoms with Crippen molar-refractivity contribution in [2.75, 3.05) is 73.1 Å². The summed E-state index contributed by atoms with van der Waals surface area (Å²) in [4.78, 5) is 12.1. The molecular weight excluding hydrogens is 441 g/mol. The van der Waals surface area contributed by atoms with E-state index in [0.717, 1.165) is 57.8 Å². The lowest BCUT2D eigenvalue weighted by molar-refractivity contribution is 0.120. The van der Waals surface area contributed by atoms with Crippen molar-refractivity contribution in [2.45, 2.75) is 25.3 Å². The summed E-state index contributed by atoms with van der Waals surface area (Å²) in [5.74, 6) is 1.85. The van der Waals surface area contributed by atoms with Crippen molar-refractivity contribution >= 4 is 29.9 Å². The molecule has 3 heterocycles. The molecule has 6 nitrogen and oxygen atoms in total. The second-order valence-electron chi connectivity index (χ2n) is 7.52. The fraction of sp³-hybridized carbons (Fsp3) is 0.842. The molecule has 0 spiro atoms. The molecule has 0 amide bonds. The zero-order chi connectivity index (χ0) is 17.5. The summed E-state index contributed by atoms with van der Waals surface area (Å²) in [6, 6.07) is 0.678. The Balaban J connectivity index is 0.00000243. The van der Waals surface area contributed by atoms with Gasteiger partial charge in [0.25, 0.3) is 0 Å². The van der Waals surface area contributed by atoms with Gasteiger partial charge in [-0.3, -0.25) is 9.89 Å². The standard InChI is InChI=1S/C19H35N5O.HI/c1-20-19(24-12-7-18(16-24)23-8-3-4-9-23)21-15-17-5-10-22(11-6-17)13-14-25-2;/h3-4,17-18H,5-16H2,1-2H3,(H,20,21);1H. The van der Waals surface area contributed by atoms with Gasteiger partial charge in [-0.1, -0.05) is 12.2 Å². The molecule has 7 heteroatoms. The molecule has 150 valence electrons. The lowest BCUT2D eigenvalue weighted by Crippen LogP contribution is -2.45. The Kier molecular flexibility index (Phi) is 9.66. The van der Waals surface area contributed by atoms with Crippen molar-refractivity contribution in [1.82, 2.24) is 20.0 Å². The van der Waals surface area contributed by atoms with Crippen LogP contribution >= 0.6 is 24.0 Å². The fourth-order valence-corrected chi connectivity index (χ4v) is 4.23. The summed E-state index contributed by atoms with van der Waals surface area (Å²) >= 11 is 0. The minimum Gasteiger partial charge on any atom is -0.383 e. The van der Waals surface area contributed by atoms with Gasteiger partial charge in [-0.25, -0.2) is 0 Å².